The van der Waals surface area contributed by atoms with Crippen LogP contribution >= 0.6 is 0 Å². The largest absolute Gasteiger partial charge is 0.355 e. The minimum absolute atomic E-state index is 0.0372. The van der Waals surface area contributed by atoms with Crippen LogP contribution in [0.4, 0.5) is 17.2 Å². The molecule has 0 saturated carbocycles. The Balaban J connectivity index is 1.56. The fourth-order valence-electron chi connectivity index (χ4n) is 4.56. The molecular formula is C28H35N5O2. The molecule has 0 atom stereocenters. The standard InChI is InChI=1S/C28H35N5O2/c1-18(2)26(34)30-25-21(5)31-33(23-12-7-6-8-13-23)28(25)32-16-14-22(15-17-32)27(35)29-24-19(3)10-9-11-20(24)4/h6-13,18,22H,14-17H2,1-5H3,(H,29,35)(H,30,34). The van der Waals surface area contributed by atoms with Gasteiger partial charge in [-0.05, 0) is 56.9 Å². The number of aromatic nitrogens is 2. The quantitative estimate of drug-likeness (QED) is 0.513. The lowest BCUT2D eigenvalue weighted by molar-refractivity contribution is -0.120. The monoisotopic (exact) mass is 473 g/mol. The Bertz CT molecular complexity index is 1190. The van der Waals surface area contributed by atoms with E-state index in [9.17, 15) is 9.59 Å². The number of nitrogens with zero attached hydrogens (tertiary/aromatic N) is 3. The van der Waals surface area contributed by atoms with E-state index < -0.39 is 0 Å². The predicted octanol–water partition coefficient (Wildman–Crippen LogP) is 5.25. The summed E-state index contributed by atoms with van der Waals surface area (Å²) >= 11 is 0. The van der Waals surface area contributed by atoms with E-state index in [1.165, 1.54) is 0 Å². The summed E-state index contributed by atoms with van der Waals surface area (Å²) < 4.78 is 1.91. The van der Waals surface area contributed by atoms with Crippen molar-refractivity contribution in [2.45, 2.75) is 47.5 Å². The minimum atomic E-state index is -0.137. The highest BCUT2D eigenvalue weighted by atomic mass is 16.2. The molecule has 2 aromatic carbocycles. The van der Waals surface area contributed by atoms with Crippen LogP contribution in [0.25, 0.3) is 5.69 Å². The molecule has 0 aliphatic carbocycles. The van der Waals surface area contributed by atoms with Crippen molar-refractivity contribution in [1.82, 2.24) is 9.78 Å². The van der Waals surface area contributed by atoms with Crippen LogP contribution < -0.4 is 15.5 Å². The summed E-state index contributed by atoms with van der Waals surface area (Å²) in [5.74, 6) is 0.707. The number of aryl methyl sites for hydroxylation is 3. The van der Waals surface area contributed by atoms with E-state index in [0.717, 1.165) is 52.5 Å². The van der Waals surface area contributed by atoms with Gasteiger partial charge in [-0.2, -0.15) is 5.10 Å². The maximum Gasteiger partial charge on any atom is 0.227 e. The first kappa shape index (κ1) is 24.5. The Hall–Kier alpha value is -3.61. The van der Waals surface area contributed by atoms with Crippen molar-refractivity contribution in [3.63, 3.8) is 0 Å². The number of benzene rings is 2. The Labute approximate surface area is 207 Å². The average Bonchev–Trinajstić information content (AvgIpc) is 3.17. The zero-order valence-electron chi connectivity index (χ0n) is 21.3. The van der Waals surface area contributed by atoms with Crippen LogP contribution in [-0.4, -0.2) is 34.7 Å². The molecule has 4 rings (SSSR count). The maximum atomic E-state index is 13.1. The number of amides is 2. The van der Waals surface area contributed by atoms with Gasteiger partial charge in [-0.3, -0.25) is 9.59 Å². The van der Waals surface area contributed by atoms with Gasteiger partial charge in [0.1, 0.15) is 5.69 Å². The van der Waals surface area contributed by atoms with Crippen molar-refractivity contribution in [1.29, 1.82) is 0 Å². The van der Waals surface area contributed by atoms with Crippen molar-refractivity contribution in [3.8, 4) is 5.69 Å². The molecule has 35 heavy (non-hydrogen) atoms. The molecule has 184 valence electrons. The first-order chi connectivity index (χ1) is 16.8. The molecule has 1 saturated heterocycles. The van der Waals surface area contributed by atoms with Crippen molar-refractivity contribution in [2.75, 3.05) is 28.6 Å². The second-order valence-corrected chi connectivity index (χ2v) is 9.69. The van der Waals surface area contributed by atoms with E-state index >= 15 is 0 Å². The number of nitrogens with one attached hydrogen (secondary N) is 2. The molecule has 1 aliphatic rings. The lowest BCUT2D eigenvalue weighted by Gasteiger charge is -2.34. The Morgan fingerprint density at radius 3 is 2.11 bits per heavy atom. The number of anilines is 3. The highest BCUT2D eigenvalue weighted by molar-refractivity contribution is 5.96. The van der Waals surface area contributed by atoms with Crippen LogP contribution in [0, 0.1) is 32.6 Å². The van der Waals surface area contributed by atoms with Gasteiger partial charge in [-0.15, -0.1) is 0 Å². The molecule has 7 heteroatoms. The smallest absolute Gasteiger partial charge is 0.227 e. The van der Waals surface area contributed by atoms with Crippen molar-refractivity contribution in [3.05, 3.63) is 65.4 Å². The van der Waals surface area contributed by atoms with Crippen LogP contribution in [0.2, 0.25) is 0 Å². The summed E-state index contributed by atoms with van der Waals surface area (Å²) in [6.07, 6.45) is 1.46. The topological polar surface area (TPSA) is 79.3 Å². The zero-order valence-corrected chi connectivity index (χ0v) is 21.3. The summed E-state index contributed by atoms with van der Waals surface area (Å²) in [5, 5.41) is 11.0. The second kappa shape index (κ2) is 10.3. The number of carbonyl (C=O) groups is 2. The van der Waals surface area contributed by atoms with E-state index in [-0.39, 0.29) is 23.7 Å². The van der Waals surface area contributed by atoms with Gasteiger partial charge in [0.2, 0.25) is 11.8 Å². The van der Waals surface area contributed by atoms with Gasteiger partial charge in [0.25, 0.3) is 0 Å². The first-order valence-electron chi connectivity index (χ1n) is 12.3. The normalized spacial score (nSPS) is 14.3. The number of rotatable bonds is 6. The zero-order chi connectivity index (χ0) is 25.1. The summed E-state index contributed by atoms with van der Waals surface area (Å²) in [6.45, 7) is 11.1. The van der Waals surface area contributed by atoms with Crippen LogP contribution in [0.15, 0.2) is 48.5 Å². The summed E-state index contributed by atoms with van der Waals surface area (Å²) in [4.78, 5) is 27.9. The van der Waals surface area contributed by atoms with E-state index in [1.807, 2.05) is 87.8 Å². The Morgan fingerprint density at radius 2 is 1.51 bits per heavy atom. The Kier molecular flexibility index (Phi) is 7.24. The summed E-state index contributed by atoms with van der Waals surface area (Å²) in [7, 11) is 0. The van der Waals surface area contributed by atoms with E-state index in [0.29, 0.717) is 13.1 Å². The molecule has 1 aliphatic heterocycles. The molecule has 7 nitrogen and oxygen atoms in total. The number of carbonyl (C=O) groups excluding carboxylic acids is 2. The van der Waals surface area contributed by atoms with Gasteiger partial charge in [0, 0.05) is 30.6 Å². The highest BCUT2D eigenvalue weighted by Crippen LogP contribution is 2.35. The van der Waals surface area contributed by atoms with Gasteiger partial charge >= 0.3 is 0 Å². The third-order valence-corrected chi connectivity index (χ3v) is 6.70. The van der Waals surface area contributed by atoms with E-state index in [4.69, 9.17) is 5.10 Å². The second-order valence-electron chi connectivity index (χ2n) is 9.69. The van der Waals surface area contributed by atoms with Gasteiger partial charge < -0.3 is 15.5 Å². The molecule has 0 radical (unpaired) electrons. The predicted molar refractivity (Wildman–Crippen MR) is 141 cm³/mol. The first-order valence-corrected chi connectivity index (χ1v) is 12.3. The molecule has 2 N–H and O–H groups in total. The maximum absolute atomic E-state index is 13.1. The SMILES string of the molecule is Cc1cccc(C)c1NC(=O)C1CCN(c2c(NC(=O)C(C)C)c(C)nn2-c2ccccc2)CC1. The lowest BCUT2D eigenvalue weighted by atomic mass is 9.95. The lowest BCUT2D eigenvalue weighted by Crippen LogP contribution is -2.39. The molecule has 2 heterocycles. The van der Waals surface area contributed by atoms with Gasteiger partial charge in [0.05, 0.1) is 11.4 Å². The minimum Gasteiger partial charge on any atom is -0.355 e. The van der Waals surface area contributed by atoms with Crippen molar-refractivity contribution < 1.29 is 9.59 Å². The van der Waals surface area contributed by atoms with Crippen molar-refractivity contribution in [2.24, 2.45) is 11.8 Å². The van der Waals surface area contributed by atoms with Crippen LogP contribution in [-0.2, 0) is 9.59 Å². The molecule has 1 aromatic heterocycles. The molecule has 1 fully saturated rings. The molecule has 2 amide bonds. The van der Waals surface area contributed by atoms with Crippen molar-refractivity contribution >= 4 is 29.0 Å². The highest BCUT2D eigenvalue weighted by Gasteiger charge is 2.30. The van der Waals surface area contributed by atoms with Crippen LogP contribution in [0.1, 0.15) is 43.5 Å². The van der Waals surface area contributed by atoms with Gasteiger partial charge in [-0.1, -0.05) is 50.2 Å². The number of para-hydroxylation sites is 2. The molecular weight excluding hydrogens is 438 g/mol. The Morgan fingerprint density at radius 1 is 0.886 bits per heavy atom. The number of hydrogen-bond donors (Lipinski definition) is 2. The average molecular weight is 474 g/mol. The summed E-state index contributed by atoms with van der Waals surface area (Å²) in [5.41, 5.74) is 5.51. The summed E-state index contributed by atoms with van der Waals surface area (Å²) in [6, 6.07) is 16.0. The fourth-order valence-corrected chi connectivity index (χ4v) is 4.56. The third kappa shape index (κ3) is 5.24. The molecule has 3 aromatic rings. The van der Waals surface area contributed by atoms with E-state index in [1.54, 1.807) is 0 Å². The van der Waals surface area contributed by atoms with Crippen LogP contribution in [0.5, 0.6) is 0 Å². The third-order valence-electron chi connectivity index (χ3n) is 6.70. The number of hydrogen-bond acceptors (Lipinski definition) is 4. The van der Waals surface area contributed by atoms with Gasteiger partial charge in [0.15, 0.2) is 5.82 Å². The van der Waals surface area contributed by atoms with Crippen LogP contribution in [0.3, 0.4) is 0 Å². The van der Waals surface area contributed by atoms with E-state index in [2.05, 4.69) is 15.5 Å². The molecule has 0 unspecified atom stereocenters. The van der Waals surface area contributed by atoms with Gasteiger partial charge in [-0.25, -0.2) is 4.68 Å². The molecule has 0 spiro atoms. The molecule has 0 bridgehead atoms. The fraction of sp³-hybridized carbons (Fsp3) is 0.393. The number of piperidine rings is 1.